The fourth-order valence-corrected chi connectivity index (χ4v) is 5.15. The largest absolute Gasteiger partial charge is 0.488 e. The first-order chi connectivity index (χ1) is 14.4. The van der Waals surface area contributed by atoms with Crippen LogP contribution in [-0.4, -0.2) is 65.6 Å². The van der Waals surface area contributed by atoms with Gasteiger partial charge in [-0.25, -0.2) is 13.1 Å². The summed E-state index contributed by atoms with van der Waals surface area (Å²) in [5, 5.41) is 3.32. The highest BCUT2D eigenvalue weighted by Crippen LogP contribution is 2.27. The summed E-state index contributed by atoms with van der Waals surface area (Å²) in [6, 6.07) is 6.11. The molecule has 3 aliphatic heterocycles. The zero-order chi connectivity index (χ0) is 21.1. The first kappa shape index (κ1) is 21.2. The molecule has 164 valence electrons. The van der Waals surface area contributed by atoms with E-state index in [0.29, 0.717) is 25.4 Å². The molecule has 2 N–H and O–H groups in total. The quantitative estimate of drug-likeness (QED) is 0.701. The van der Waals surface area contributed by atoms with Gasteiger partial charge in [0.15, 0.2) is 0 Å². The summed E-state index contributed by atoms with van der Waals surface area (Å²) in [5.74, 6) is 0.641. The van der Waals surface area contributed by atoms with Gasteiger partial charge in [-0.05, 0) is 48.8 Å². The van der Waals surface area contributed by atoms with Crippen LogP contribution in [0.25, 0.3) is 0 Å². The summed E-state index contributed by atoms with van der Waals surface area (Å²) in [6.45, 7) is 2.15. The minimum Gasteiger partial charge on any atom is -0.488 e. The minimum atomic E-state index is -3.71. The van der Waals surface area contributed by atoms with Crippen LogP contribution in [0.15, 0.2) is 52.7 Å². The van der Waals surface area contributed by atoms with E-state index in [0.717, 1.165) is 25.1 Å². The van der Waals surface area contributed by atoms with Crippen LogP contribution in [0, 0.1) is 0 Å². The van der Waals surface area contributed by atoms with Gasteiger partial charge in [0.25, 0.3) is 0 Å². The van der Waals surface area contributed by atoms with E-state index in [1.807, 2.05) is 19.3 Å². The Balaban J connectivity index is 1.45. The van der Waals surface area contributed by atoms with Crippen LogP contribution in [0.4, 0.5) is 0 Å². The molecule has 1 aromatic rings. The summed E-state index contributed by atoms with van der Waals surface area (Å²) in [4.78, 5) is 2.31. The Morgan fingerprint density at radius 1 is 1.27 bits per heavy atom. The summed E-state index contributed by atoms with van der Waals surface area (Å²) >= 11 is 0. The van der Waals surface area contributed by atoms with Crippen molar-refractivity contribution in [2.75, 3.05) is 33.9 Å². The van der Waals surface area contributed by atoms with Crippen molar-refractivity contribution in [1.29, 1.82) is 0 Å². The summed E-state index contributed by atoms with van der Waals surface area (Å²) in [5.41, 5.74) is 2.21. The number of sulfonamides is 1. The molecule has 0 bridgehead atoms. The molecule has 3 heterocycles. The van der Waals surface area contributed by atoms with E-state index in [2.05, 4.69) is 14.9 Å². The van der Waals surface area contributed by atoms with E-state index in [1.54, 1.807) is 31.4 Å². The normalized spacial score (nSPS) is 26.9. The van der Waals surface area contributed by atoms with Gasteiger partial charge in [0.1, 0.15) is 18.1 Å². The van der Waals surface area contributed by atoms with Crippen molar-refractivity contribution >= 4 is 10.0 Å². The molecule has 0 saturated carbocycles. The number of methoxy groups -OCH3 is 1. The predicted octanol–water partition coefficient (Wildman–Crippen LogP) is 1.57. The monoisotopic (exact) mass is 435 g/mol. The third kappa shape index (κ3) is 4.80. The van der Waals surface area contributed by atoms with Crippen LogP contribution in [0.5, 0.6) is 5.75 Å². The van der Waals surface area contributed by atoms with Crippen molar-refractivity contribution in [3.63, 3.8) is 0 Å². The molecule has 3 unspecified atom stereocenters. The predicted molar refractivity (Wildman–Crippen MR) is 112 cm³/mol. The Hall–Kier alpha value is -2.07. The van der Waals surface area contributed by atoms with Crippen molar-refractivity contribution < 1.29 is 22.6 Å². The molecule has 0 aliphatic carbocycles. The Morgan fingerprint density at radius 3 is 2.77 bits per heavy atom. The number of benzene rings is 1. The van der Waals surface area contributed by atoms with Crippen LogP contribution in [0.2, 0.25) is 0 Å². The second kappa shape index (κ2) is 8.97. The molecule has 0 aromatic heterocycles. The second-order valence-electron chi connectivity index (χ2n) is 7.87. The van der Waals surface area contributed by atoms with Crippen molar-refractivity contribution in [3.05, 3.63) is 47.8 Å². The molecule has 4 rings (SSSR count). The number of nitrogens with one attached hydrogen (secondary N) is 2. The van der Waals surface area contributed by atoms with Gasteiger partial charge < -0.3 is 24.4 Å². The highest BCUT2D eigenvalue weighted by atomic mass is 32.2. The number of nitrogens with zero attached hydrogens (tertiary/aromatic N) is 1. The molecule has 3 atom stereocenters. The summed E-state index contributed by atoms with van der Waals surface area (Å²) in [7, 11) is -0.103. The molecule has 8 nitrogen and oxygen atoms in total. The summed E-state index contributed by atoms with van der Waals surface area (Å²) < 4.78 is 45.5. The average molecular weight is 436 g/mol. The van der Waals surface area contributed by atoms with E-state index >= 15 is 0 Å². The molecule has 0 spiro atoms. The Morgan fingerprint density at radius 2 is 2.07 bits per heavy atom. The molecule has 1 saturated heterocycles. The lowest BCUT2D eigenvalue weighted by molar-refractivity contribution is 0.0508. The van der Waals surface area contributed by atoms with Crippen molar-refractivity contribution in [1.82, 2.24) is 14.9 Å². The Kier molecular flexibility index (Phi) is 6.33. The van der Waals surface area contributed by atoms with E-state index in [4.69, 9.17) is 14.2 Å². The highest BCUT2D eigenvalue weighted by Gasteiger charge is 2.33. The smallest absolute Gasteiger partial charge is 0.240 e. The van der Waals surface area contributed by atoms with Crippen LogP contribution >= 0.6 is 0 Å². The zero-order valence-corrected chi connectivity index (χ0v) is 18.2. The molecule has 0 radical (unpaired) electrons. The van der Waals surface area contributed by atoms with Gasteiger partial charge in [-0.15, -0.1) is 0 Å². The number of allylic oxidation sites excluding steroid dienone is 1. The fourth-order valence-electron chi connectivity index (χ4n) is 3.92. The first-order valence-corrected chi connectivity index (χ1v) is 11.7. The van der Waals surface area contributed by atoms with Crippen LogP contribution in [0.3, 0.4) is 0 Å². The SMILES string of the molecule is COC1NC2=C(CCN(C)C=C2)CC1NS(=O)(=O)c1ccc(OC2CCOC2)cc1. The van der Waals surface area contributed by atoms with Gasteiger partial charge in [-0.3, -0.25) is 0 Å². The van der Waals surface area contributed by atoms with Gasteiger partial charge in [0, 0.05) is 39.0 Å². The second-order valence-corrected chi connectivity index (χ2v) is 9.58. The number of hydrogen-bond acceptors (Lipinski definition) is 7. The van der Waals surface area contributed by atoms with Crippen LogP contribution < -0.4 is 14.8 Å². The van der Waals surface area contributed by atoms with E-state index < -0.39 is 22.3 Å². The maximum atomic E-state index is 13.0. The number of hydrogen-bond donors (Lipinski definition) is 2. The third-order valence-corrected chi connectivity index (χ3v) is 7.16. The van der Waals surface area contributed by atoms with E-state index in [-0.39, 0.29) is 11.0 Å². The van der Waals surface area contributed by atoms with Crippen LogP contribution in [-0.2, 0) is 19.5 Å². The third-order valence-electron chi connectivity index (χ3n) is 5.66. The topological polar surface area (TPSA) is 89.1 Å². The Bertz CT molecular complexity index is 907. The molecular weight excluding hydrogens is 406 g/mol. The van der Waals surface area contributed by atoms with E-state index in [1.165, 1.54) is 5.57 Å². The molecule has 9 heteroatoms. The maximum Gasteiger partial charge on any atom is 0.240 e. The van der Waals surface area contributed by atoms with Gasteiger partial charge in [0.05, 0.1) is 24.2 Å². The van der Waals surface area contributed by atoms with E-state index in [9.17, 15) is 8.42 Å². The molecule has 1 fully saturated rings. The lowest BCUT2D eigenvalue weighted by Crippen LogP contribution is -2.53. The number of rotatable bonds is 6. The van der Waals surface area contributed by atoms with Gasteiger partial charge in [-0.2, -0.15) is 0 Å². The van der Waals surface area contributed by atoms with Crippen molar-refractivity contribution in [2.24, 2.45) is 0 Å². The standard InChI is InChI=1S/C21H29N3O5S/c1-24-10-7-15-13-20(21(27-2)22-19(15)8-11-24)23-30(25,26)18-5-3-16(4-6-18)29-17-9-12-28-14-17/h3-6,8,11,17,20-23H,7,9-10,12-14H2,1-2H3. The van der Waals surface area contributed by atoms with Gasteiger partial charge in [-0.1, -0.05) is 0 Å². The first-order valence-electron chi connectivity index (χ1n) is 10.2. The maximum absolute atomic E-state index is 13.0. The highest BCUT2D eigenvalue weighted by molar-refractivity contribution is 7.89. The Labute approximate surface area is 177 Å². The molecule has 1 aromatic carbocycles. The molecule has 3 aliphatic rings. The fraction of sp³-hybridized carbons (Fsp3) is 0.524. The molecular formula is C21H29N3O5S. The summed E-state index contributed by atoms with van der Waals surface area (Å²) in [6.07, 6.45) is 5.94. The van der Waals surface area contributed by atoms with Crippen LogP contribution in [0.1, 0.15) is 19.3 Å². The lowest BCUT2D eigenvalue weighted by atomic mass is 9.96. The van der Waals surface area contributed by atoms with Gasteiger partial charge >= 0.3 is 0 Å². The number of ether oxygens (including phenoxy) is 3. The van der Waals surface area contributed by atoms with Crippen molar-refractivity contribution in [3.8, 4) is 5.75 Å². The van der Waals surface area contributed by atoms with Gasteiger partial charge in [0.2, 0.25) is 10.0 Å². The average Bonchev–Trinajstić information content (AvgIpc) is 3.17. The molecule has 30 heavy (non-hydrogen) atoms. The van der Waals surface area contributed by atoms with Crippen molar-refractivity contribution in [2.45, 2.75) is 42.5 Å². The lowest BCUT2D eigenvalue weighted by Gasteiger charge is -2.34. The zero-order valence-electron chi connectivity index (χ0n) is 17.3. The minimum absolute atomic E-state index is 0.0245. The molecule has 0 amide bonds.